The number of hydrogen-bond acceptors (Lipinski definition) is 8. The molecule has 0 spiro atoms. The third kappa shape index (κ3) is 9.47. The van der Waals surface area contributed by atoms with Crippen LogP contribution in [0, 0.1) is 0 Å². The molecule has 6 N–H and O–H groups in total. The molecule has 0 radical (unpaired) electrons. The van der Waals surface area contributed by atoms with Crippen LogP contribution in [0.15, 0.2) is 43.4 Å². The standard InChI is InChI=1S/C21H24Br2N6O4S2/c1-30-16-8-12(10-26-28-20(24)34)6-14(22)18(16)32-4-3-5-33-19-15(23)7-13(9-17(19)31-2)11-27-29-21(25)35/h6-11H,3-5H2,1-2H3,(H3,24,28,34)(H3,25,29,35). The lowest BCUT2D eigenvalue weighted by atomic mass is 10.2. The van der Waals surface area contributed by atoms with Crippen molar-refractivity contribution in [2.24, 2.45) is 21.7 Å². The van der Waals surface area contributed by atoms with Crippen molar-refractivity contribution in [3.05, 3.63) is 44.3 Å². The Kier molecular flexibility index (Phi) is 12.0. The van der Waals surface area contributed by atoms with Gasteiger partial charge in [0.05, 0.1) is 48.8 Å². The number of methoxy groups -OCH3 is 2. The van der Waals surface area contributed by atoms with Gasteiger partial charge in [0.2, 0.25) is 0 Å². The molecule has 0 bridgehead atoms. The molecule has 0 heterocycles. The summed E-state index contributed by atoms with van der Waals surface area (Å²) in [5.41, 5.74) is 17.2. The van der Waals surface area contributed by atoms with Gasteiger partial charge in [-0.3, -0.25) is 10.9 Å². The van der Waals surface area contributed by atoms with Crippen LogP contribution in [0.2, 0.25) is 0 Å². The van der Waals surface area contributed by atoms with Crippen LogP contribution in [0.5, 0.6) is 23.0 Å². The van der Waals surface area contributed by atoms with Gasteiger partial charge in [-0.15, -0.1) is 0 Å². The SMILES string of the molecule is COc1cc(C=NNC(N)=S)cc(Br)c1OCCCOc1c(Br)cc(C=NNC(N)=S)cc1OC. The maximum Gasteiger partial charge on any atom is 0.184 e. The highest BCUT2D eigenvalue weighted by Gasteiger charge is 2.13. The molecule has 0 atom stereocenters. The normalized spacial score (nSPS) is 10.9. The van der Waals surface area contributed by atoms with E-state index in [1.165, 1.54) is 0 Å². The van der Waals surface area contributed by atoms with Crippen LogP contribution in [-0.2, 0) is 0 Å². The van der Waals surface area contributed by atoms with E-state index in [0.717, 1.165) is 11.1 Å². The Labute approximate surface area is 230 Å². The molecular formula is C21H24Br2N6O4S2. The highest BCUT2D eigenvalue weighted by molar-refractivity contribution is 9.11. The third-order valence-corrected chi connectivity index (χ3v) is 5.42. The van der Waals surface area contributed by atoms with Crippen LogP contribution in [-0.4, -0.2) is 50.1 Å². The Bertz CT molecular complexity index is 1030. The largest absolute Gasteiger partial charge is 0.493 e. The van der Waals surface area contributed by atoms with Gasteiger partial charge in [0.15, 0.2) is 33.2 Å². The Morgan fingerprint density at radius 2 is 1.23 bits per heavy atom. The smallest absolute Gasteiger partial charge is 0.184 e. The Balaban J connectivity index is 1.96. The highest BCUT2D eigenvalue weighted by Crippen LogP contribution is 2.37. The summed E-state index contributed by atoms with van der Waals surface area (Å²) < 4.78 is 24.2. The average molecular weight is 648 g/mol. The maximum absolute atomic E-state index is 5.92. The van der Waals surface area contributed by atoms with Crippen LogP contribution < -0.4 is 41.3 Å². The molecule has 0 fully saturated rings. The van der Waals surface area contributed by atoms with E-state index in [0.29, 0.717) is 51.6 Å². The number of thiocarbonyl (C=S) groups is 2. The van der Waals surface area contributed by atoms with E-state index in [9.17, 15) is 0 Å². The third-order valence-electron chi connectivity index (χ3n) is 4.06. The molecule has 0 amide bonds. The van der Waals surface area contributed by atoms with Crippen molar-refractivity contribution in [3.8, 4) is 23.0 Å². The molecule has 2 aromatic carbocycles. The van der Waals surface area contributed by atoms with Crippen molar-refractivity contribution in [3.63, 3.8) is 0 Å². The van der Waals surface area contributed by atoms with Gasteiger partial charge < -0.3 is 30.4 Å². The molecule has 0 aliphatic heterocycles. The molecule has 188 valence electrons. The molecule has 0 saturated carbocycles. The summed E-state index contributed by atoms with van der Waals surface area (Å²) in [5.74, 6) is 2.23. The minimum atomic E-state index is 0.0776. The number of nitrogens with two attached hydrogens (primary N) is 2. The number of nitrogens with zero attached hydrogens (tertiary/aromatic N) is 2. The Morgan fingerprint density at radius 3 is 1.57 bits per heavy atom. The van der Waals surface area contributed by atoms with Gasteiger partial charge in [-0.05, 0) is 91.7 Å². The highest BCUT2D eigenvalue weighted by atomic mass is 79.9. The molecule has 0 aromatic heterocycles. The lowest BCUT2D eigenvalue weighted by Crippen LogP contribution is -2.24. The number of rotatable bonds is 12. The number of halogens is 2. The van der Waals surface area contributed by atoms with Gasteiger partial charge in [-0.25, -0.2) is 0 Å². The van der Waals surface area contributed by atoms with E-state index in [2.05, 4.69) is 52.9 Å². The first-order chi connectivity index (χ1) is 16.7. The van der Waals surface area contributed by atoms with Gasteiger partial charge in [-0.1, -0.05) is 0 Å². The van der Waals surface area contributed by atoms with Crippen molar-refractivity contribution in [2.45, 2.75) is 6.42 Å². The molecule has 2 rings (SSSR count). The maximum atomic E-state index is 5.92. The van der Waals surface area contributed by atoms with E-state index < -0.39 is 0 Å². The molecule has 0 unspecified atom stereocenters. The lowest BCUT2D eigenvalue weighted by molar-refractivity contribution is 0.233. The van der Waals surface area contributed by atoms with E-state index >= 15 is 0 Å². The van der Waals surface area contributed by atoms with Crippen molar-refractivity contribution in [1.82, 2.24) is 10.9 Å². The first-order valence-electron chi connectivity index (χ1n) is 9.92. The quantitative estimate of drug-likeness (QED) is 0.117. The van der Waals surface area contributed by atoms with Crippen molar-refractivity contribution < 1.29 is 18.9 Å². The van der Waals surface area contributed by atoms with Crippen LogP contribution >= 0.6 is 56.3 Å². The molecule has 0 aliphatic rings. The van der Waals surface area contributed by atoms with Crippen LogP contribution in [0.3, 0.4) is 0 Å². The zero-order valence-electron chi connectivity index (χ0n) is 18.8. The van der Waals surface area contributed by atoms with Crippen LogP contribution in [0.25, 0.3) is 0 Å². The van der Waals surface area contributed by atoms with Crippen LogP contribution in [0.4, 0.5) is 0 Å². The van der Waals surface area contributed by atoms with Gasteiger partial charge >= 0.3 is 0 Å². The van der Waals surface area contributed by atoms with Gasteiger partial charge in [-0.2, -0.15) is 10.2 Å². The first kappa shape index (κ1) is 28.6. The zero-order chi connectivity index (χ0) is 25.8. The fraction of sp³-hybridized carbons (Fsp3) is 0.238. The monoisotopic (exact) mass is 646 g/mol. The van der Waals surface area contributed by atoms with E-state index in [-0.39, 0.29) is 10.2 Å². The zero-order valence-corrected chi connectivity index (χ0v) is 23.6. The van der Waals surface area contributed by atoms with E-state index in [1.807, 2.05) is 12.1 Å². The second kappa shape index (κ2) is 14.7. The average Bonchev–Trinajstić information content (AvgIpc) is 2.80. The summed E-state index contributed by atoms with van der Waals surface area (Å²) in [4.78, 5) is 0. The van der Waals surface area contributed by atoms with Crippen molar-refractivity contribution in [1.29, 1.82) is 0 Å². The van der Waals surface area contributed by atoms with Crippen LogP contribution in [0.1, 0.15) is 17.5 Å². The second-order valence-electron chi connectivity index (χ2n) is 6.59. The molecular weight excluding hydrogens is 624 g/mol. The fourth-order valence-electron chi connectivity index (χ4n) is 2.66. The van der Waals surface area contributed by atoms with E-state index in [1.54, 1.807) is 38.8 Å². The minimum absolute atomic E-state index is 0.0776. The van der Waals surface area contributed by atoms with Gasteiger partial charge in [0, 0.05) is 6.42 Å². The Hall–Kier alpha value is -2.68. The summed E-state index contributed by atoms with van der Waals surface area (Å²) in [5, 5.41) is 8.04. The molecule has 0 aliphatic carbocycles. The predicted molar refractivity (Wildman–Crippen MR) is 152 cm³/mol. The summed E-state index contributed by atoms with van der Waals surface area (Å²) in [6, 6.07) is 7.24. The molecule has 2 aromatic rings. The second-order valence-corrected chi connectivity index (χ2v) is 9.18. The van der Waals surface area contributed by atoms with Gasteiger partial charge in [0.1, 0.15) is 0 Å². The fourth-order valence-corrected chi connectivity index (χ4v) is 3.91. The van der Waals surface area contributed by atoms with E-state index in [4.69, 9.17) is 54.9 Å². The number of nitrogens with one attached hydrogen (secondary N) is 2. The summed E-state index contributed by atoms with van der Waals surface area (Å²) in [7, 11) is 3.12. The summed E-state index contributed by atoms with van der Waals surface area (Å²) >= 11 is 16.5. The predicted octanol–water partition coefficient (Wildman–Crippen LogP) is 3.41. The topological polar surface area (TPSA) is 138 Å². The Morgan fingerprint density at radius 1 is 0.829 bits per heavy atom. The number of ether oxygens (including phenoxy) is 4. The number of benzene rings is 2. The van der Waals surface area contributed by atoms with Crippen molar-refractivity contribution >= 4 is 78.9 Å². The van der Waals surface area contributed by atoms with Crippen molar-refractivity contribution in [2.75, 3.05) is 27.4 Å². The molecule has 0 saturated heterocycles. The molecule has 35 heavy (non-hydrogen) atoms. The van der Waals surface area contributed by atoms with Gasteiger partial charge in [0.25, 0.3) is 0 Å². The first-order valence-corrected chi connectivity index (χ1v) is 12.3. The number of hydrogen-bond donors (Lipinski definition) is 4. The minimum Gasteiger partial charge on any atom is -0.493 e. The lowest BCUT2D eigenvalue weighted by Gasteiger charge is -2.15. The summed E-state index contributed by atoms with van der Waals surface area (Å²) in [6.07, 6.45) is 3.74. The summed E-state index contributed by atoms with van der Waals surface area (Å²) in [6.45, 7) is 0.779. The number of hydrazone groups is 2. The molecule has 10 nitrogen and oxygen atoms in total. The molecule has 14 heteroatoms.